The summed E-state index contributed by atoms with van der Waals surface area (Å²) < 4.78 is 5.94. The molecule has 104 valence electrons. The van der Waals surface area contributed by atoms with Crippen LogP contribution in [0.3, 0.4) is 0 Å². The minimum Gasteiger partial charge on any atom is -0.374 e. The van der Waals surface area contributed by atoms with Crippen molar-refractivity contribution < 1.29 is 9.53 Å². The Labute approximate surface area is 114 Å². The van der Waals surface area contributed by atoms with Gasteiger partial charge in [0.05, 0.1) is 12.7 Å². The molecule has 0 bridgehead atoms. The van der Waals surface area contributed by atoms with E-state index < -0.39 is 0 Å². The van der Waals surface area contributed by atoms with E-state index >= 15 is 0 Å². The summed E-state index contributed by atoms with van der Waals surface area (Å²) in [6.45, 7) is 2.84. The van der Waals surface area contributed by atoms with Crippen LogP contribution in [-0.2, 0) is 11.3 Å². The predicted molar refractivity (Wildman–Crippen MR) is 74.3 cm³/mol. The van der Waals surface area contributed by atoms with Gasteiger partial charge in [0.15, 0.2) is 0 Å². The van der Waals surface area contributed by atoms with Crippen molar-refractivity contribution in [2.75, 3.05) is 0 Å². The van der Waals surface area contributed by atoms with Gasteiger partial charge in [0.2, 0.25) is 0 Å². The van der Waals surface area contributed by atoms with E-state index in [-0.39, 0.29) is 5.91 Å². The number of carbonyl (C=O) groups is 1. The molecule has 1 amide bonds. The van der Waals surface area contributed by atoms with Crippen LogP contribution in [0.4, 0.5) is 0 Å². The lowest BCUT2D eigenvalue weighted by Crippen LogP contribution is -2.30. The second kappa shape index (κ2) is 6.68. The zero-order valence-corrected chi connectivity index (χ0v) is 11.4. The average molecular weight is 262 g/mol. The first-order chi connectivity index (χ1) is 9.19. The molecule has 1 aromatic rings. The Morgan fingerprint density at radius 3 is 3.05 bits per heavy atom. The maximum absolute atomic E-state index is 11.4. The first kappa shape index (κ1) is 14.0. The highest BCUT2D eigenvalue weighted by Gasteiger charge is 2.19. The van der Waals surface area contributed by atoms with E-state index in [1.165, 1.54) is 12.8 Å². The number of hydrogen-bond acceptors (Lipinski definition) is 3. The van der Waals surface area contributed by atoms with Gasteiger partial charge in [-0.2, -0.15) is 0 Å². The maximum Gasteiger partial charge on any atom is 0.265 e. The molecule has 0 aliphatic heterocycles. The van der Waals surface area contributed by atoms with E-state index in [0.29, 0.717) is 18.3 Å². The molecule has 0 saturated heterocycles. The SMILES string of the molecule is CC1CCCC(OCc2cccc(C(=O)NN)c2)C1. The third kappa shape index (κ3) is 4.04. The molecule has 1 aromatic carbocycles. The molecule has 1 aliphatic carbocycles. The van der Waals surface area contributed by atoms with Crippen LogP contribution in [0, 0.1) is 5.92 Å². The van der Waals surface area contributed by atoms with Gasteiger partial charge in [-0.1, -0.05) is 31.9 Å². The van der Waals surface area contributed by atoms with Gasteiger partial charge in [-0.3, -0.25) is 10.2 Å². The van der Waals surface area contributed by atoms with E-state index in [1.807, 2.05) is 18.2 Å². The Morgan fingerprint density at radius 2 is 2.32 bits per heavy atom. The molecule has 1 saturated carbocycles. The Kier molecular flexibility index (Phi) is 4.93. The Bertz CT molecular complexity index is 434. The van der Waals surface area contributed by atoms with Crippen LogP contribution >= 0.6 is 0 Å². The van der Waals surface area contributed by atoms with Crippen molar-refractivity contribution in [1.82, 2.24) is 5.43 Å². The fraction of sp³-hybridized carbons (Fsp3) is 0.533. The number of rotatable bonds is 4. The summed E-state index contributed by atoms with van der Waals surface area (Å²) in [5.74, 6) is 5.62. The number of ether oxygens (including phenoxy) is 1. The number of hydrogen-bond donors (Lipinski definition) is 2. The third-order valence-corrected chi connectivity index (χ3v) is 3.69. The van der Waals surface area contributed by atoms with E-state index in [2.05, 4.69) is 12.3 Å². The number of benzene rings is 1. The van der Waals surface area contributed by atoms with Crippen LogP contribution in [0.15, 0.2) is 24.3 Å². The number of nitrogens with one attached hydrogen (secondary N) is 1. The van der Waals surface area contributed by atoms with Gasteiger partial charge in [0.1, 0.15) is 0 Å². The maximum atomic E-state index is 11.4. The highest BCUT2D eigenvalue weighted by molar-refractivity contribution is 5.93. The van der Waals surface area contributed by atoms with Crippen LogP contribution in [-0.4, -0.2) is 12.0 Å². The van der Waals surface area contributed by atoms with Gasteiger partial charge in [0, 0.05) is 5.56 Å². The summed E-state index contributed by atoms with van der Waals surface area (Å²) in [6.07, 6.45) is 5.21. The minimum atomic E-state index is -0.270. The van der Waals surface area contributed by atoms with Gasteiger partial charge < -0.3 is 4.74 Å². The van der Waals surface area contributed by atoms with Crippen LogP contribution in [0.1, 0.15) is 48.5 Å². The van der Waals surface area contributed by atoms with Gasteiger partial charge in [-0.15, -0.1) is 0 Å². The van der Waals surface area contributed by atoms with Crippen molar-refractivity contribution in [3.63, 3.8) is 0 Å². The van der Waals surface area contributed by atoms with Gasteiger partial charge in [-0.05, 0) is 36.5 Å². The molecule has 0 spiro atoms. The number of carbonyl (C=O) groups excluding carboxylic acids is 1. The summed E-state index contributed by atoms with van der Waals surface area (Å²) >= 11 is 0. The highest BCUT2D eigenvalue weighted by Crippen LogP contribution is 2.26. The predicted octanol–water partition coefficient (Wildman–Crippen LogP) is 2.39. The molecule has 0 radical (unpaired) electrons. The smallest absolute Gasteiger partial charge is 0.265 e. The molecule has 4 nitrogen and oxygen atoms in total. The zero-order chi connectivity index (χ0) is 13.7. The summed E-state index contributed by atoms with van der Waals surface area (Å²) in [5.41, 5.74) is 3.72. The number of nitrogen functional groups attached to an aromatic ring is 1. The lowest BCUT2D eigenvalue weighted by Gasteiger charge is -2.26. The summed E-state index contributed by atoms with van der Waals surface area (Å²) in [5, 5.41) is 0. The normalized spacial score (nSPS) is 23.1. The topological polar surface area (TPSA) is 64.3 Å². The second-order valence-electron chi connectivity index (χ2n) is 5.38. The van der Waals surface area contributed by atoms with Gasteiger partial charge >= 0.3 is 0 Å². The van der Waals surface area contributed by atoms with E-state index in [4.69, 9.17) is 10.6 Å². The van der Waals surface area contributed by atoms with E-state index in [1.54, 1.807) is 6.07 Å². The fourth-order valence-corrected chi connectivity index (χ4v) is 2.63. The lowest BCUT2D eigenvalue weighted by atomic mass is 9.89. The molecule has 1 aliphatic rings. The Hall–Kier alpha value is -1.39. The summed E-state index contributed by atoms with van der Waals surface area (Å²) in [6, 6.07) is 7.40. The minimum absolute atomic E-state index is 0.270. The van der Waals surface area contributed by atoms with Crippen molar-refractivity contribution in [3.8, 4) is 0 Å². The molecule has 3 N–H and O–H groups in total. The molecular formula is C15H22N2O2. The van der Waals surface area contributed by atoms with Gasteiger partial charge in [-0.25, -0.2) is 5.84 Å². The third-order valence-electron chi connectivity index (χ3n) is 3.69. The van der Waals surface area contributed by atoms with Crippen molar-refractivity contribution >= 4 is 5.91 Å². The standard InChI is InChI=1S/C15H22N2O2/c1-11-4-2-7-14(8-11)19-10-12-5-3-6-13(9-12)15(18)17-16/h3,5-6,9,11,14H,2,4,7-8,10,16H2,1H3,(H,17,18). The second-order valence-corrected chi connectivity index (χ2v) is 5.38. The Balaban J connectivity index is 1.90. The molecule has 19 heavy (non-hydrogen) atoms. The monoisotopic (exact) mass is 262 g/mol. The average Bonchev–Trinajstić information content (AvgIpc) is 2.45. The highest BCUT2D eigenvalue weighted by atomic mass is 16.5. The quantitative estimate of drug-likeness (QED) is 0.497. The van der Waals surface area contributed by atoms with Crippen LogP contribution in [0.25, 0.3) is 0 Å². The Morgan fingerprint density at radius 1 is 1.47 bits per heavy atom. The molecule has 2 unspecified atom stereocenters. The summed E-state index contributed by atoms with van der Waals surface area (Å²) in [7, 11) is 0. The number of nitrogens with two attached hydrogens (primary N) is 1. The molecule has 4 heteroatoms. The molecular weight excluding hydrogens is 240 g/mol. The van der Waals surface area contributed by atoms with Crippen molar-refractivity contribution in [1.29, 1.82) is 0 Å². The van der Waals surface area contributed by atoms with Crippen molar-refractivity contribution in [3.05, 3.63) is 35.4 Å². The molecule has 1 fully saturated rings. The zero-order valence-electron chi connectivity index (χ0n) is 11.4. The number of amides is 1. The van der Waals surface area contributed by atoms with Crippen LogP contribution in [0.5, 0.6) is 0 Å². The van der Waals surface area contributed by atoms with Crippen molar-refractivity contribution in [2.45, 2.75) is 45.3 Å². The van der Waals surface area contributed by atoms with Gasteiger partial charge in [0.25, 0.3) is 5.91 Å². The molecule has 2 atom stereocenters. The van der Waals surface area contributed by atoms with E-state index in [9.17, 15) is 4.79 Å². The molecule has 0 heterocycles. The largest absolute Gasteiger partial charge is 0.374 e. The first-order valence-corrected chi connectivity index (χ1v) is 6.90. The van der Waals surface area contributed by atoms with E-state index in [0.717, 1.165) is 24.3 Å². The molecule has 0 aromatic heterocycles. The summed E-state index contributed by atoms with van der Waals surface area (Å²) in [4.78, 5) is 11.4. The lowest BCUT2D eigenvalue weighted by molar-refractivity contribution is 0.00466. The van der Waals surface area contributed by atoms with Crippen LogP contribution < -0.4 is 11.3 Å². The molecule has 2 rings (SSSR count). The fourth-order valence-electron chi connectivity index (χ4n) is 2.63. The number of hydrazine groups is 1. The van der Waals surface area contributed by atoms with Crippen molar-refractivity contribution in [2.24, 2.45) is 11.8 Å². The van der Waals surface area contributed by atoms with Crippen LogP contribution in [0.2, 0.25) is 0 Å². The first-order valence-electron chi connectivity index (χ1n) is 6.90.